The summed E-state index contributed by atoms with van der Waals surface area (Å²) in [5.41, 5.74) is 3.05. The monoisotopic (exact) mass is 504 g/mol. The van der Waals surface area contributed by atoms with Gasteiger partial charge in [0.15, 0.2) is 5.76 Å². The molecule has 0 radical (unpaired) electrons. The highest BCUT2D eigenvalue weighted by atomic mass is 19.1. The van der Waals surface area contributed by atoms with Gasteiger partial charge in [0.05, 0.1) is 6.04 Å². The number of carbonyl (C=O) groups is 2. The summed E-state index contributed by atoms with van der Waals surface area (Å²) in [6.07, 6.45) is 5.67. The SMILES string of the molecule is CCCNC(=O)c1ccc(COc2ccc3c(c2)[C@H](c2ccc(F)cc2)N(C(=O)C2CCCC2)CC3)o1. The second kappa shape index (κ2) is 11.2. The van der Waals surface area contributed by atoms with E-state index in [4.69, 9.17) is 9.15 Å². The Labute approximate surface area is 216 Å². The van der Waals surface area contributed by atoms with E-state index in [1.807, 2.05) is 30.0 Å². The Balaban J connectivity index is 1.38. The number of amides is 2. The molecule has 2 heterocycles. The summed E-state index contributed by atoms with van der Waals surface area (Å²) < 4.78 is 25.5. The first-order chi connectivity index (χ1) is 18.0. The molecule has 2 aliphatic rings. The van der Waals surface area contributed by atoms with Gasteiger partial charge < -0.3 is 19.4 Å². The van der Waals surface area contributed by atoms with Gasteiger partial charge in [-0.1, -0.05) is 38.0 Å². The normalized spacial score (nSPS) is 17.5. The number of nitrogens with one attached hydrogen (secondary N) is 1. The van der Waals surface area contributed by atoms with Crippen LogP contribution in [0.1, 0.15) is 78.1 Å². The molecule has 2 amide bonds. The van der Waals surface area contributed by atoms with Crippen molar-refractivity contribution in [3.05, 3.63) is 88.6 Å². The van der Waals surface area contributed by atoms with Crippen LogP contribution in [0.3, 0.4) is 0 Å². The number of hydrogen-bond acceptors (Lipinski definition) is 4. The molecule has 3 aromatic rings. The highest BCUT2D eigenvalue weighted by molar-refractivity contribution is 5.91. The molecule has 1 aliphatic heterocycles. The van der Waals surface area contributed by atoms with Gasteiger partial charge in [-0.15, -0.1) is 0 Å². The van der Waals surface area contributed by atoms with E-state index in [2.05, 4.69) is 5.32 Å². The summed E-state index contributed by atoms with van der Waals surface area (Å²) in [7, 11) is 0. The summed E-state index contributed by atoms with van der Waals surface area (Å²) in [5.74, 6) is 1.17. The van der Waals surface area contributed by atoms with Gasteiger partial charge in [0, 0.05) is 19.0 Å². The van der Waals surface area contributed by atoms with E-state index in [9.17, 15) is 14.0 Å². The van der Waals surface area contributed by atoms with Crippen LogP contribution < -0.4 is 10.1 Å². The average molecular weight is 505 g/mol. The third-order valence-corrected chi connectivity index (χ3v) is 7.32. The lowest BCUT2D eigenvalue weighted by Gasteiger charge is -2.39. The number of ether oxygens (including phenoxy) is 1. The molecule has 1 saturated carbocycles. The Bertz CT molecular complexity index is 1250. The van der Waals surface area contributed by atoms with E-state index in [0.717, 1.165) is 55.2 Å². The minimum absolute atomic E-state index is 0.0617. The van der Waals surface area contributed by atoms with E-state index in [-0.39, 0.29) is 42.0 Å². The van der Waals surface area contributed by atoms with Gasteiger partial charge in [0.1, 0.15) is 23.9 Å². The van der Waals surface area contributed by atoms with Crippen LogP contribution in [-0.4, -0.2) is 29.8 Å². The Kier molecular flexibility index (Phi) is 7.58. The van der Waals surface area contributed by atoms with Gasteiger partial charge in [-0.2, -0.15) is 0 Å². The lowest BCUT2D eigenvalue weighted by Crippen LogP contribution is -2.43. The Morgan fingerprint density at radius 2 is 1.86 bits per heavy atom. The fourth-order valence-corrected chi connectivity index (χ4v) is 5.39. The third-order valence-electron chi connectivity index (χ3n) is 7.32. The van der Waals surface area contributed by atoms with Gasteiger partial charge in [0.2, 0.25) is 5.91 Å². The van der Waals surface area contributed by atoms with Crippen molar-refractivity contribution in [3.63, 3.8) is 0 Å². The van der Waals surface area contributed by atoms with E-state index >= 15 is 0 Å². The number of benzene rings is 2. The van der Waals surface area contributed by atoms with E-state index in [1.165, 1.54) is 12.1 Å². The maximum absolute atomic E-state index is 13.8. The van der Waals surface area contributed by atoms with Crippen molar-refractivity contribution < 1.29 is 23.1 Å². The number of nitrogens with zero attached hydrogens (tertiary/aromatic N) is 1. The van der Waals surface area contributed by atoms with Gasteiger partial charge >= 0.3 is 0 Å². The average Bonchev–Trinajstić information content (AvgIpc) is 3.63. The van der Waals surface area contributed by atoms with E-state index < -0.39 is 0 Å². The quantitative estimate of drug-likeness (QED) is 0.421. The number of fused-ring (bicyclic) bond motifs is 1. The standard InChI is InChI=1S/C30H33FN2O4/c1-2-16-32-29(34)27-14-13-25(37-27)19-36-24-12-9-20-15-17-33(30(35)22-5-3-4-6-22)28(26(20)18-24)21-7-10-23(31)11-8-21/h7-14,18,22,28H,2-6,15-17,19H2,1H3,(H,32,34)/t28-/m0/s1. The van der Waals surface area contributed by atoms with Crippen molar-refractivity contribution in [1.82, 2.24) is 10.2 Å². The highest BCUT2D eigenvalue weighted by Gasteiger charge is 2.36. The number of halogens is 1. The Morgan fingerprint density at radius 3 is 2.62 bits per heavy atom. The predicted molar refractivity (Wildman–Crippen MR) is 138 cm³/mol. The molecule has 1 fully saturated rings. The molecule has 5 rings (SSSR count). The third kappa shape index (κ3) is 5.55. The van der Waals surface area contributed by atoms with Crippen LogP contribution in [0.4, 0.5) is 4.39 Å². The van der Waals surface area contributed by atoms with Crippen LogP contribution in [0.25, 0.3) is 0 Å². The molecular weight excluding hydrogens is 471 g/mol. The lowest BCUT2D eigenvalue weighted by molar-refractivity contribution is -0.137. The molecule has 1 atom stereocenters. The van der Waals surface area contributed by atoms with Crippen LogP contribution in [-0.2, 0) is 17.8 Å². The van der Waals surface area contributed by atoms with E-state index in [0.29, 0.717) is 24.6 Å². The summed E-state index contributed by atoms with van der Waals surface area (Å²) in [4.78, 5) is 27.7. The first-order valence-corrected chi connectivity index (χ1v) is 13.2. The molecule has 1 aromatic heterocycles. The largest absolute Gasteiger partial charge is 0.486 e. The zero-order valence-corrected chi connectivity index (χ0v) is 21.2. The summed E-state index contributed by atoms with van der Waals surface area (Å²) in [6, 6.07) is 15.5. The molecule has 37 heavy (non-hydrogen) atoms. The maximum atomic E-state index is 13.8. The fraction of sp³-hybridized carbons (Fsp3) is 0.400. The van der Waals surface area contributed by atoms with Crippen molar-refractivity contribution >= 4 is 11.8 Å². The van der Waals surface area contributed by atoms with Crippen LogP contribution >= 0.6 is 0 Å². The van der Waals surface area contributed by atoms with Crippen molar-refractivity contribution in [2.75, 3.05) is 13.1 Å². The van der Waals surface area contributed by atoms with Crippen molar-refractivity contribution in [1.29, 1.82) is 0 Å². The topological polar surface area (TPSA) is 71.8 Å². The van der Waals surface area contributed by atoms with Crippen LogP contribution in [0, 0.1) is 11.7 Å². The van der Waals surface area contributed by atoms with Crippen molar-refractivity contribution in [2.24, 2.45) is 5.92 Å². The summed E-state index contributed by atoms with van der Waals surface area (Å²) in [5, 5.41) is 2.80. The summed E-state index contributed by atoms with van der Waals surface area (Å²) >= 11 is 0. The zero-order valence-electron chi connectivity index (χ0n) is 21.2. The molecule has 0 bridgehead atoms. The molecule has 0 spiro atoms. The Morgan fingerprint density at radius 1 is 1.08 bits per heavy atom. The van der Waals surface area contributed by atoms with Gasteiger partial charge in [-0.3, -0.25) is 9.59 Å². The smallest absolute Gasteiger partial charge is 0.286 e. The Hall–Kier alpha value is -3.61. The number of hydrogen-bond donors (Lipinski definition) is 1. The molecule has 6 nitrogen and oxygen atoms in total. The number of carbonyl (C=O) groups excluding carboxylic acids is 2. The molecule has 0 saturated heterocycles. The molecular formula is C30H33FN2O4. The molecule has 0 unspecified atom stereocenters. The van der Waals surface area contributed by atoms with E-state index in [1.54, 1.807) is 24.3 Å². The second-order valence-electron chi connectivity index (χ2n) is 9.89. The predicted octanol–water partition coefficient (Wildman–Crippen LogP) is 5.80. The van der Waals surface area contributed by atoms with Gasteiger partial charge in [-0.05, 0) is 78.8 Å². The van der Waals surface area contributed by atoms with Gasteiger partial charge in [0.25, 0.3) is 5.91 Å². The number of furan rings is 1. The van der Waals surface area contributed by atoms with Crippen molar-refractivity contribution in [3.8, 4) is 5.75 Å². The first-order valence-electron chi connectivity index (χ1n) is 13.2. The van der Waals surface area contributed by atoms with Crippen LogP contribution in [0.2, 0.25) is 0 Å². The van der Waals surface area contributed by atoms with Gasteiger partial charge in [-0.25, -0.2) is 4.39 Å². The first kappa shape index (κ1) is 25.1. The zero-order chi connectivity index (χ0) is 25.8. The summed E-state index contributed by atoms with van der Waals surface area (Å²) in [6.45, 7) is 3.40. The van der Waals surface area contributed by atoms with Crippen LogP contribution in [0.5, 0.6) is 5.75 Å². The molecule has 2 aromatic carbocycles. The second-order valence-corrected chi connectivity index (χ2v) is 9.89. The molecule has 7 heteroatoms. The van der Waals surface area contributed by atoms with Crippen molar-refractivity contribution in [2.45, 2.75) is 58.1 Å². The molecule has 194 valence electrons. The molecule has 1 N–H and O–H groups in total. The minimum Gasteiger partial charge on any atom is -0.486 e. The van der Waals surface area contributed by atoms with Crippen LogP contribution in [0.15, 0.2) is 59.0 Å². The molecule has 1 aliphatic carbocycles. The maximum Gasteiger partial charge on any atom is 0.286 e. The highest BCUT2D eigenvalue weighted by Crippen LogP contribution is 2.39. The fourth-order valence-electron chi connectivity index (χ4n) is 5.39. The minimum atomic E-state index is -0.299. The lowest BCUT2D eigenvalue weighted by atomic mass is 9.87. The number of rotatable bonds is 8.